The van der Waals surface area contributed by atoms with Crippen LogP contribution in [0.1, 0.15) is 52.1 Å². The molecule has 2 N–H and O–H groups in total. The van der Waals surface area contributed by atoms with E-state index < -0.39 is 17.7 Å². The molecule has 2 amide bonds. The van der Waals surface area contributed by atoms with Crippen LogP contribution in [0.2, 0.25) is 0 Å². The lowest BCUT2D eigenvalue weighted by Crippen LogP contribution is -2.39. The molecule has 168 valence electrons. The molecule has 7 heteroatoms. The van der Waals surface area contributed by atoms with Crippen molar-refractivity contribution < 1.29 is 14.3 Å². The van der Waals surface area contributed by atoms with Gasteiger partial charge < -0.3 is 14.6 Å². The highest BCUT2D eigenvalue weighted by atomic mass is 16.5. The second kappa shape index (κ2) is 11.9. The molecule has 1 aromatic carbocycles. The van der Waals surface area contributed by atoms with Gasteiger partial charge in [0.2, 0.25) is 5.91 Å². The number of carbonyl (C=O) groups is 2. The second-order valence-corrected chi connectivity index (χ2v) is 8.44. The molecule has 0 radical (unpaired) electrons. The van der Waals surface area contributed by atoms with Gasteiger partial charge in [-0.25, -0.2) is 4.79 Å². The zero-order chi connectivity index (χ0) is 22.8. The van der Waals surface area contributed by atoms with Crippen molar-refractivity contribution in [2.75, 3.05) is 11.9 Å². The van der Waals surface area contributed by atoms with Gasteiger partial charge in [-0.2, -0.15) is 0 Å². The molecule has 0 aliphatic carbocycles. The van der Waals surface area contributed by atoms with E-state index in [1.165, 1.54) is 10.6 Å². The van der Waals surface area contributed by atoms with Gasteiger partial charge in [0.05, 0.1) is 0 Å². The van der Waals surface area contributed by atoms with Crippen LogP contribution in [0.5, 0.6) is 0 Å². The largest absolute Gasteiger partial charge is 0.444 e. The van der Waals surface area contributed by atoms with E-state index in [0.717, 1.165) is 12.0 Å². The fourth-order valence-corrected chi connectivity index (χ4v) is 3.12. The molecule has 1 atom stereocenters. The molecular weight excluding hydrogens is 394 g/mol. The molecule has 2 rings (SSSR count). The van der Waals surface area contributed by atoms with Crippen LogP contribution in [-0.4, -0.2) is 23.1 Å². The summed E-state index contributed by atoms with van der Waals surface area (Å²) < 4.78 is 6.58. The Hall–Kier alpha value is -3.09. The maximum atomic E-state index is 13.0. The zero-order valence-electron chi connectivity index (χ0n) is 18.8. The third-order valence-electron chi connectivity index (χ3n) is 4.78. The number of nitrogens with one attached hydrogen (secondary N) is 2. The number of benzene rings is 1. The van der Waals surface area contributed by atoms with Crippen molar-refractivity contribution in [3.05, 3.63) is 64.6 Å². The van der Waals surface area contributed by atoms with E-state index in [2.05, 4.69) is 24.5 Å². The average Bonchev–Trinajstić information content (AvgIpc) is 2.72. The summed E-state index contributed by atoms with van der Waals surface area (Å²) in [6, 6.07) is 11.8. The minimum absolute atomic E-state index is 0.0734. The predicted molar refractivity (Wildman–Crippen MR) is 122 cm³/mol. The molecule has 0 bridgehead atoms. The summed E-state index contributed by atoms with van der Waals surface area (Å²) in [5, 5.41) is 5.43. The number of hydrogen-bond acceptors (Lipinski definition) is 4. The van der Waals surface area contributed by atoms with Gasteiger partial charge in [0.25, 0.3) is 5.56 Å². The standard InChI is InChI=1S/C24H33N3O4/c1-17(2)12-13-25-22(28)21(15-18(3)4)27-14-8-11-20(23(27)29)26-24(30)31-16-19-9-6-5-7-10-19/h5-11,14,17-18,21H,12-13,15-16H2,1-4H3,(H,25,28)(H,26,30)/t21-/m1/s1. The number of amides is 2. The van der Waals surface area contributed by atoms with Crippen LogP contribution in [0.25, 0.3) is 0 Å². The third kappa shape index (κ3) is 7.92. The molecule has 0 saturated heterocycles. The molecule has 2 aromatic rings. The number of hydrogen-bond donors (Lipinski definition) is 2. The van der Waals surface area contributed by atoms with E-state index in [4.69, 9.17) is 4.74 Å². The van der Waals surface area contributed by atoms with E-state index in [1.54, 1.807) is 12.3 Å². The van der Waals surface area contributed by atoms with Gasteiger partial charge in [0.1, 0.15) is 18.3 Å². The van der Waals surface area contributed by atoms with Gasteiger partial charge in [0.15, 0.2) is 0 Å². The number of aromatic nitrogens is 1. The molecule has 0 aliphatic rings. The quantitative estimate of drug-likeness (QED) is 0.590. The van der Waals surface area contributed by atoms with Crippen molar-refractivity contribution >= 4 is 17.7 Å². The molecule has 0 saturated carbocycles. The maximum absolute atomic E-state index is 13.0. The van der Waals surface area contributed by atoms with Crippen LogP contribution in [0.3, 0.4) is 0 Å². The fraction of sp³-hybridized carbons (Fsp3) is 0.458. The minimum atomic E-state index is -0.722. The van der Waals surface area contributed by atoms with E-state index in [0.29, 0.717) is 18.9 Å². The van der Waals surface area contributed by atoms with Gasteiger partial charge in [-0.3, -0.25) is 14.9 Å². The van der Waals surface area contributed by atoms with Crippen LogP contribution < -0.4 is 16.2 Å². The predicted octanol–water partition coefficient (Wildman–Crippen LogP) is 4.35. The Bertz CT molecular complexity index is 907. The van der Waals surface area contributed by atoms with E-state index in [1.807, 2.05) is 44.2 Å². The first-order valence-corrected chi connectivity index (χ1v) is 10.7. The minimum Gasteiger partial charge on any atom is -0.444 e. The lowest BCUT2D eigenvalue weighted by molar-refractivity contribution is -0.124. The lowest BCUT2D eigenvalue weighted by Gasteiger charge is -2.22. The van der Waals surface area contributed by atoms with Crippen molar-refractivity contribution in [3.8, 4) is 0 Å². The average molecular weight is 428 g/mol. The first-order valence-electron chi connectivity index (χ1n) is 10.7. The number of anilines is 1. The first kappa shape index (κ1) is 24.2. The van der Waals surface area contributed by atoms with E-state index in [9.17, 15) is 14.4 Å². The summed E-state index contributed by atoms with van der Waals surface area (Å²) in [6.07, 6.45) is 2.23. The monoisotopic (exact) mass is 427 g/mol. The summed E-state index contributed by atoms with van der Waals surface area (Å²) >= 11 is 0. The number of pyridine rings is 1. The Morgan fingerprint density at radius 1 is 1.00 bits per heavy atom. The van der Waals surface area contributed by atoms with Crippen LogP contribution in [-0.2, 0) is 16.1 Å². The van der Waals surface area contributed by atoms with Gasteiger partial charge in [0, 0.05) is 12.7 Å². The van der Waals surface area contributed by atoms with Gasteiger partial charge in [-0.05, 0) is 42.4 Å². The first-order chi connectivity index (χ1) is 14.8. The molecule has 31 heavy (non-hydrogen) atoms. The Balaban J connectivity index is 2.12. The summed E-state index contributed by atoms with van der Waals surface area (Å²) in [5.74, 6) is 0.487. The number of rotatable bonds is 10. The highest BCUT2D eigenvalue weighted by Gasteiger charge is 2.23. The summed E-state index contributed by atoms with van der Waals surface area (Å²) in [4.78, 5) is 38.0. The van der Waals surface area contributed by atoms with Gasteiger partial charge >= 0.3 is 6.09 Å². The van der Waals surface area contributed by atoms with Crippen LogP contribution >= 0.6 is 0 Å². The van der Waals surface area contributed by atoms with Crippen molar-refractivity contribution in [2.45, 2.75) is 53.2 Å². The highest BCUT2D eigenvalue weighted by Crippen LogP contribution is 2.17. The molecule has 0 fully saturated rings. The maximum Gasteiger partial charge on any atom is 0.412 e. The number of ether oxygens (including phenoxy) is 1. The Labute approximate surface area is 183 Å². The van der Waals surface area contributed by atoms with Crippen molar-refractivity contribution in [1.82, 2.24) is 9.88 Å². The molecule has 1 heterocycles. The fourth-order valence-electron chi connectivity index (χ4n) is 3.12. The third-order valence-corrected chi connectivity index (χ3v) is 4.78. The van der Waals surface area contributed by atoms with Crippen LogP contribution in [0.4, 0.5) is 10.5 Å². The SMILES string of the molecule is CC(C)CCNC(=O)[C@@H](CC(C)C)n1cccc(NC(=O)OCc2ccccc2)c1=O. The second-order valence-electron chi connectivity index (χ2n) is 8.44. The number of nitrogens with zero attached hydrogens (tertiary/aromatic N) is 1. The molecule has 0 unspecified atom stereocenters. The topological polar surface area (TPSA) is 89.4 Å². The van der Waals surface area contributed by atoms with Gasteiger partial charge in [-0.1, -0.05) is 58.0 Å². The van der Waals surface area contributed by atoms with Crippen LogP contribution in [0, 0.1) is 11.8 Å². The Kier molecular flexibility index (Phi) is 9.31. The zero-order valence-corrected chi connectivity index (χ0v) is 18.8. The smallest absolute Gasteiger partial charge is 0.412 e. The summed E-state index contributed by atoms with van der Waals surface area (Å²) in [5.41, 5.74) is 0.478. The number of carbonyl (C=O) groups excluding carboxylic acids is 2. The van der Waals surface area contributed by atoms with Crippen molar-refractivity contribution in [3.63, 3.8) is 0 Å². The molecule has 1 aromatic heterocycles. The molecular formula is C24H33N3O4. The normalized spacial score (nSPS) is 11.9. The molecule has 0 aliphatic heterocycles. The van der Waals surface area contributed by atoms with Crippen molar-refractivity contribution in [2.24, 2.45) is 11.8 Å². The van der Waals surface area contributed by atoms with Gasteiger partial charge in [-0.15, -0.1) is 0 Å². The van der Waals surface area contributed by atoms with Crippen molar-refractivity contribution in [1.29, 1.82) is 0 Å². The Morgan fingerprint density at radius 2 is 1.71 bits per heavy atom. The van der Waals surface area contributed by atoms with Crippen LogP contribution in [0.15, 0.2) is 53.5 Å². The Morgan fingerprint density at radius 3 is 2.35 bits per heavy atom. The highest BCUT2D eigenvalue weighted by molar-refractivity contribution is 5.84. The van der Waals surface area contributed by atoms with E-state index in [-0.39, 0.29) is 24.1 Å². The lowest BCUT2D eigenvalue weighted by atomic mass is 10.0. The molecule has 7 nitrogen and oxygen atoms in total. The summed E-state index contributed by atoms with van der Waals surface area (Å²) in [6.45, 7) is 8.85. The summed E-state index contributed by atoms with van der Waals surface area (Å²) in [7, 11) is 0. The van der Waals surface area contributed by atoms with E-state index >= 15 is 0 Å². The molecule has 0 spiro atoms.